The molecule has 1 saturated carbocycles. The molecule has 6 rings (SSSR count). The largest absolute Gasteiger partial charge is 0.335 e. The van der Waals surface area contributed by atoms with E-state index < -0.39 is 34.5 Å². The fourth-order valence-electron chi connectivity index (χ4n) is 6.76. The van der Waals surface area contributed by atoms with Crippen molar-refractivity contribution in [2.45, 2.75) is 63.3 Å². The van der Waals surface area contributed by atoms with Crippen LogP contribution in [0.4, 0.5) is 8.78 Å². The Morgan fingerprint density at radius 2 is 1.77 bits per heavy atom. The number of piperidine rings is 1. The molecule has 2 aromatic carbocycles. The van der Waals surface area contributed by atoms with Gasteiger partial charge >= 0.3 is 10.2 Å². The fraction of sp³-hybridized carbons (Fsp3) is 0.438. The van der Waals surface area contributed by atoms with Crippen molar-refractivity contribution in [2.75, 3.05) is 27.2 Å². The Morgan fingerprint density at radius 1 is 1.02 bits per heavy atom. The smallest absolute Gasteiger partial charge is 0.303 e. The monoisotopic (exact) mass is 610 g/mol. The number of benzene rings is 2. The summed E-state index contributed by atoms with van der Waals surface area (Å²) in [6, 6.07) is 13.0. The van der Waals surface area contributed by atoms with Crippen molar-refractivity contribution < 1.29 is 26.8 Å². The summed E-state index contributed by atoms with van der Waals surface area (Å²) in [5, 5.41) is 0.946. The number of nitrogens with one attached hydrogen (secondary N) is 1. The van der Waals surface area contributed by atoms with Crippen LogP contribution >= 0.6 is 0 Å². The highest BCUT2D eigenvalue weighted by molar-refractivity contribution is 7.87. The number of amides is 2. The molecule has 0 radical (unpaired) electrons. The number of rotatable bonds is 5. The summed E-state index contributed by atoms with van der Waals surface area (Å²) in [4.78, 5) is 28.2. The second kappa shape index (κ2) is 11.2. The minimum absolute atomic E-state index is 0.134. The minimum Gasteiger partial charge on any atom is -0.335 e. The third-order valence-corrected chi connectivity index (χ3v) is 10.3. The predicted octanol–water partition coefficient (Wildman–Crippen LogP) is 5.55. The molecular weight excluding hydrogens is 574 g/mol. The van der Waals surface area contributed by atoms with Crippen molar-refractivity contribution >= 4 is 39.0 Å². The normalized spacial score (nSPS) is 19.0. The Morgan fingerprint density at radius 3 is 2.49 bits per heavy atom. The van der Waals surface area contributed by atoms with Crippen LogP contribution in [0.15, 0.2) is 48.0 Å². The standard InChI is InChI=1S/C32H36F2N4O4S/c1-36(2)43(41,42)35-30(39)23-13-14-26-27(18-23)38-19-24(31(40)37-16-8-15-32(33,34)20-37)17-22-11-6-7-12-25(22)29(38)28(26)21-9-4-3-5-10-21/h6-7,11-14,17-18,21H,3-5,8-10,15-16,19-20H2,1-2H3,(H,35,39). The van der Waals surface area contributed by atoms with Gasteiger partial charge in [0.2, 0.25) is 0 Å². The zero-order valence-electron chi connectivity index (χ0n) is 24.4. The molecule has 2 aliphatic heterocycles. The van der Waals surface area contributed by atoms with Crippen LogP contribution in [0.25, 0.3) is 28.2 Å². The third-order valence-electron chi connectivity index (χ3n) is 8.91. The summed E-state index contributed by atoms with van der Waals surface area (Å²) in [6.07, 6.45) is 7.23. The maximum atomic E-state index is 14.3. The van der Waals surface area contributed by atoms with Gasteiger partial charge in [0.1, 0.15) is 0 Å². The molecular formula is C32H36F2N4O4S. The number of fused-ring (bicyclic) bond motifs is 5. The summed E-state index contributed by atoms with van der Waals surface area (Å²) in [7, 11) is -1.34. The van der Waals surface area contributed by atoms with Gasteiger partial charge in [0.15, 0.2) is 0 Å². The molecule has 1 saturated heterocycles. The highest BCUT2D eigenvalue weighted by atomic mass is 32.2. The van der Waals surface area contributed by atoms with E-state index in [1.807, 2.05) is 41.0 Å². The molecule has 2 amide bonds. The van der Waals surface area contributed by atoms with Crippen LogP contribution in [0.2, 0.25) is 0 Å². The second-order valence-corrected chi connectivity index (χ2v) is 14.0. The zero-order valence-corrected chi connectivity index (χ0v) is 25.2. The van der Waals surface area contributed by atoms with E-state index in [0.717, 1.165) is 57.8 Å². The number of aromatic nitrogens is 1. The van der Waals surface area contributed by atoms with Gasteiger partial charge in [0, 0.05) is 54.7 Å². The minimum atomic E-state index is -4.01. The molecule has 0 spiro atoms. The zero-order chi connectivity index (χ0) is 30.5. The van der Waals surface area contributed by atoms with Gasteiger partial charge < -0.3 is 9.47 Å². The Balaban J connectivity index is 1.52. The van der Waals surface area contributed by atoms with Crippen LogP contribution < -0.4 is 4.72 Å². The van der Waals surface area contributed by atoms with Crippen LogP contribution in [0.5, 0.6) is 0 Å². The molecule has 3 heterocycles. The molecule has 1 aromatic heterocycles. The molecule has 3 aliphatic rings. The van der Waals surface area contributed by atoms with E-state index in [1.165, 1.54) is 25.4 Å². The number of halogens is 2. The Labute approximate surface area is 250 Å². The van der Waals surface area contributed by atoms with Gasteiger partial charge in [-0.15, -0.1) is 0 Å². The Bertz CT molecular complexity index is 1740. The van der Waals surface area contributed by atoms with E-state index in [0.29, 0.717) is 11.1 Å². The van der Waals surface area contributed by atoms with E-state index in [1.54, 1.807) is 12.1 Å². The highest BCUT2D eigenvalue weighted by Gasteiger charge is 2.38. The molecule has 43 heavy (non-hydrogen) atoms. The van der Waals surface area contributed by atoms with E-state index in [2.05, 4.69) is 4.72 Å². The lowest BCUT2D eigenvalue weighted by molar-refractivity contribution is -0.137. The first-order valence-electron chi connectivity index (χ1n) is 14.8. The predicted molar refractivity (Wildman–Crippen MR) is 162 cm³/mol. The van der Waals surface area contributed by atoms with Crippen LogP contribution in [-0.2, 0) is 21.5 Å². The lowest BCUT2D eigenvalue weighted by atomic mass is 9.81. The molecule has 0 bridgehead atoms. The maximum absolute atomic E-state index is 14.3. The van der Waals surface area contributed by atoms with Gasteiger partial charge in [0.05, 0.1) is 18.8 Å². The first kappa shape index (κ1) is 29.5. The van der Waals surface area contributed by atoms with Crippen molar-refractivity contribution in [3.8, 4) is 11.3 Å². The number of carbonyl (C=O) groups excluding carboxylic acids is 2. The van der Waals surface area contributed by atoms with E-state index in [9.17, 15) is 26.8 Å². The first-order valence-corrected chi connectivity index (χ1v) is 16.3. The molecule has 0 atom stereocenters. The number of carbonyl (C=O) groups is 2. The number of likely N-dealkylation sites (tertiary alicyclic amines) is 1. The van der Waals surface area contributed by atoms with Crippen LogP contribution in [0.1, 0.15) is 72.3 Å². The SMILES string of the molecule is CN(C)S(=O)(=O)NC(=O)c1ccc2c(C3CCCCC3)c3n(c2c1)CC(C(=O)N1CCCC(F)(F)C1)=Cc1ccccc1-3. The summed E-state index contributed by atoms with van der Waals surface area (Å²) >= 11 is 0. The molecule has 1 N–H and O–H groups in total. The second-order valence-electron chi connectivity index (χ2n) is 12.1. The fourth-order valence-corrected chi connectivity index (χ4v) is 7.29. The van der Waals surface area contributed by atoms with Crippen molar-refractivity contribution in [3.63, 3.8) is 0 Å². The van der Waals surface area contributed by atoms with Gasteiger partial charge in [-0.25, -0.2) is 13.5 Å². The number of alkyl halides is 2. The molecule has 8 nitrogen and oxygen atoms in total. The average molecular weight is 611 g/mol. The van der Waals surface area contributed by atoms with Gasteiger partial charge in [-0.2, -0.15) is 12.7 Å². The molecule has 1 aliphatic carbocycles. The van der Waals surface area contributed by atoms with Crippen molar-refractivity contribution in [1.29, 1.82) is 0 Å². The Kier molecular flexibility index (Phi) is 7.66. The average Bonchev–Trinajstić information content (AvgIpc) is 3.18. The number of hydrogen-bond acceptors (Lipinski definition) is 4. The van der Waals surface area contributed by atoms with E-state index in [4.69, 9.17) is 0 Å². The molecule has 3 aromatic rings. The summed E-state index contributed by atoms with van der Waals surface area (Å²) in [6.45, 7) is -0.206. The van der Waals surface area contributed by atoms with Crippen LogP contribution in [0, 0.1) is 0 Å². The topological polar surface area (TPSA) is 91.7 Å². The van der Waals surface area contributed by atoms with Gasteiger partial charge in [-0.1, -0.05) is 49.6 Å². The molecule has 2 fully saturated rings. The lowest BCUT2D eigenvalue weighted by Crippen LogP contribution is -2.46. The summed E-state index contributed by atoms with van der Waals surface area (Å²) in [5.41, 5.74) is 5.14. The van der Waals surface area contributed by atoms with Crippen LogP contribution in [0.3, 0.4) is 0 Å². The lowest BCUT2D eigenvalue weighted by Gasteiger charge is -2.33. The maximum Gasteiger partial charge on any atom is 0.303 e. The third kappa shape index (κ3) is 5.60. The van der Waals surface area contributed by atoms with Gasteiger partial charge in [-0.05, 0) is 54.5 Å². The highest BCUT2D eigenvalue weighted by Crippen LogP contribution is 2.46. The molecule has 11 heteroatoms. The van der Waals surface area contributed by atoms with Crippen molar-refractivity contribution in [2.24, 2.45) is 0 Å². The van der Waals surface area contributed by atoms with E-state index in [-0.39, 0.29) is 37.4 Å². The summed E-state index contributed by atoms with van der Waals surface area (Å²) < 4.78 is 58.5. The number of hydrogen-bond donors (Lipinski definition) is 1. The van der Waals surface area contributed by atoms with Crippen molar-refractivity contribution in [1.82, 2.24) is 18.5 Å². The van der Waals surface area contributed by atoms with E-state index >= 15 is 0 Å². The molecule has 228 valence electrons. The Hall–Kier alpha value is -3.57. The quantitative estimate of drug-likeness (QED) is 0.410. The van der Waals surface area contributed by atoms with Gasteiger partial charge in [0.25, 0.3) is 17.7 Å². The van der Waals surface area contributed by atoms with Crippen LogP contribution in [-0.4, -0.2) is 67.1 Å². The first-order chi connectivity index (χ1) is 20.4. The van der Waals surface area contributed by atoms with Crippen molar-refractivity contribution in [3.05, 3.63) is 64.7 Å². The van der Waals surface area contributed by atoms with Gasteiger partial charge in [-0.3, -0.25) is 9.59 Å². The molecule has 0 unspecified atom stereocenters. The number of nitrogens with zero attached hydrogens (tertiary/aromatic N) is 3. The summed E-state index contributed by atoms with van der Waals surface area (Å²) in [5.74, 6) is -3.84.